The van der Waals surface area contributed by atoms with E-state index in [1.165, 1.54) is 43.6 Å². The second-order valence-electron chi connectivity index (χ2n) is 13.4. The summed E-state index contributed by atoms with van der Waals surface area (Å²) in [5, 5.41) is 0. The van der Waals surface area contributed by atoms with Crippen molar-refractivity contribution in [2.45, 2.75) is 116 Å². The molecule has 0 aromatic carbocycles. The van der Waals surface area contributed by atoms with Gasteiger partial charge in [0.2, 0.25) is 0 Å². The summed E-state index contributed by atoms with van der Waals surface area (Å²) in [6.07, 6.45) is 18.3. The minimum atomic E-state index is 0.613. The third-order valence-corrected chi connectivity index (χ3v) is 15.4. The maximum Gasteiger partial charge on any atom is 0.0644 e. The summed E-state index contributed by atoms with van der Waals surface area (Å²) >= 11 is 4.77. The zero-order chi connectivity index (χ0) is 21.9. The van der Waals surface area contributed by atoms with Crippen LogP contribution in [0.3, 0.4) is 0 Å². The van der Waals surface area contributed by atoms with Gasteiger partial charge >= 0.3 is 0 Å². The highest BCUT2D eigenvalue weighted by atomic mass is 32.2. The standard InChI is InChI=1S/C29H50S2/c1-20(2)8-6-9-21(3)23-11-12-24-22-10-13-26-28(5,25(22)14-17-27(23,24)4)15-7-16-29(26)30-18-19-31-29/h20-26H,6-19H2,1-5H3. The molecule has 1 heterocycles. The van der Waals surface area contributed by atoms with Crippen molar-refractivity contribution in [2.24, 2.45) is 52.3 Å². The fourth-order valence-electron chi connectivity index (χ4n) is 10.3. The van der Waals surface area contributed by atoms with Crippen LogP contribution in [-0.4, -0.2) is 15.6 Å². The van der Waals surface area contributed by atoms with Crippen molar-refractivity contribution in [3.63, 3.8) is 0 Å². The molecule has 1 aliphatic heterocycles. The topological polar surface area (TPSA) is 0 Å². The summed E-state index contributed by atoms with van der Waals surface area (Å²) in [7, 11) is 0. The molecular formula is C29H50S2. The van der Waals surface area contributed by atoms with Gasteiger partial charge < -0.3 is 0 Å². The third kappa shape index (κ3) is 3.79. The van der Waals surface area contributed by atoms with Crippen LogP contribution in [0.5, 0.6) is 0 Å². The predicted octanol–water partition coefficient (Wildman–Crippen LogP) is 9.28. The molecule has 1 spiro atoms. The minimum absolute atomic E-state index is 0.613. The lowest BCUT2D eigenvalue weighted by Crippen LogP contribution is -2.57. The van der Waals surface area contributed by atoms with Crippen LogP contribution in [0.1, 0.15) is 112 Å². The Balaban J connectivity index is 1.32. The summed E-state index contributed by atoms with van der Waals surface area (Å²) in [5.41, 5.74) is 1.30. The predicted molar refractivity (Wildman–Crippen MR) is 141 cm³/mol. The molecule has 2 heteroatoms. The van der Waals surface area contributed by atoms with Gasteiger partial charge in [0.15, 0.2) is 0 Å². The summed E-state index contributed by atoms with van der Waals surface area (Å²) in [6, 6.07) is 0. The molecule has 4 saturated carbocycles. The van der Waals surface area contributed by atoms with Gasteiger partial charge in [-0.1, -0.05) is 60.3 Å². The lowest BCUT2D eigenvalue weighted by molar-refractivity contribution is -0.115. The highest BCUT2D eigenvalue weighted by Crippen LogP contribution is 2.72. The van der Waals surface area contributed by atoms with E-state index in [0.717, 1.165) is 41.4 Å². The van der Waals surface area contributed by atoms with Crippen LogP contribution in [0.15, 0.2) is 0 Å². The number of rotatable bonds is 5. The fraction of sp³-hybridized carbons (Fsp3) is 1.00. The first-order valence-electron chi connectivity index (χ1n) is 14.1. The molecule has 0 radical (unpaired) electrons. The van der Waals surface area contributed by atoms with Crippen LogP contribution in [0, 0.1) is 52.3 Å². The molecule has 5 fully saturated rings. The Kier molecular flexibility index (Phi) is 6.60. The highest BCUT2D eigenvalue weighted by molar-refractivity contribution is 8.21. The molecule has 31 heavy (non-hydrogen) atoms. The van der Waals surface area contributed by atoms with Gasteiger partial charge in [0.05, 0.1) is 4.08 Å². The normalized spacial score (nSPS) is 47.2. The van der Waals surface area contributed by atoms with E-state index in [1.54, 1.807) is 44.9 Å². The molecule has 0 aromatic rings. The Morgan fingerprint density at radius 3 is 2.26 bits per heavy atom. The molecule has 178 valence electrons. The molecule has 0 bridgehead atoms. The number of hydrogen-bond donors (Lipinski definition) is 0. The Morgan fingerprint density at radius 2 is 1.52 bits per heavy atom. The lowest BCUT2D eigenvalue weighted by Gasteiger charge is -2.64. The van der Waals surface area contributed by atoms with Gasteiger partial charge in [0.25, 0.3) is 0 Å². The minimum Gasteiger partial charge on any atom is -0.143 e. The lowest BCUT2D eigenvalue weighted by atomic mass is 9.44. The van der Waals surface area contributed by atoms with E-state index in [9.17, 15) is 0 Å². The number of fused-ring (bicyclic) bond motifs is 6. The molecule has 0 nitrogen and oxygen atoms in total. The molecule has 8 atom stereocenters. The summed E-state index contributed by atoms with van der Waals surface area (Å²) in [5.74, 6) is 9.81. The van der Waals surface area contributed by atoms with Crippen LogP contribution in [0.4, 0.5) is 0 Å². The molecular weight excluding hydrogens is 412 g/mol. The molecule has 0 amide bonds. The van der Waals surface area contributed by atoms with Gasteiger partial charge in [-0.15, -0.1) is 23.5 Å². The number of thioether (sulfide) groups is 2. The van der Waals surface area contributed by atoms with Gasteiger partial charge in [0.1, 0.15) is 0 Å². The van der Waals surface area contributed by atoms with Gasteiger partial charge in [-0.05, 0) is 104 Å². The zero-order valence-corrected chi connectivity index (χ0v) is 22.9. The van der Waals surface area contributed by atoms with Crippen molar-refractivity contribution >= 4 is 23.5 Å². The molecule has 0 aromatic heterocycles. The van der Waals surface area contributed by atoms with Crippen molar-refractivity contribution in [1.82, 2.24) is 0 Å². The first-order chi connectivity index (χ1) is 14.8. The second kappa shape index (κ2) is 8.73. The van der Waals surface area contributed by atoms with Crippen molar-refractivity contribution in [1.29, 1.82) is 0 Å². The van der Waals surface area contributed by atoms with E-state index in [4.69, 9.17) is 0 Å². The zero-order valence-electron chi connectivity index (χ0n) is 21.3. The van der Waals surface area contributed by atoms with Crippen LogP contribution in [0.2, 0.25) is 0 Å². The molecule has 8 unspecified atom stereocenters. The van der Waals surface area contributed by atoms with E-state index >= 15 is 0 Å². The van der Waals surface area contributed by atoms with Crippen molar-refractivity contribution in [3.8, 4) is 0 Å². The Hall–Kier alpha value is 0.700. The van der Waals surface area contributed by atoms with Gasteiger partial charge in [-0.25, -0.2) is 0 Å². The quantitative estimate of drug-likeness (QED) is 0.399. The second-order valence-corrected chi connectivity index (χ2v) is 16.5. The average Bonchev–Trinajstić information content (AvgIpc) is 3.32. The van der Waals surface area contributed by atoms with E-state index in [0.29, 0.717) is 14.9 Å². The van der Waals surface area contributed by atoms with Gasteiger partial charge in [0, 0.05) is 11.5 Å². The van der Waals surface area contributed by atoms with E-state index in [1.807, 2.05) is 0 Å². The maximum absolute atomic E-state index is 2.79. The first kappa shape index (κ1) is 23.4. The van der Waals surface area contributed by atoms with Crippen molar-refractivity contribution in [3.05, 3.63) is 0 Å². The first-order valence-corrected chi connectivity index (χ1v) is 16.1. The largest absolute Gasteiger partial charge is 0.143 e. The van der Waals surface area contributed by atoms with Crippen LogP contribution < -0.4 is 0 Å². The number of hydrogen-bond acceptors (Lipinski definition) is 2. The van der Waals surface area contributed by atoms with E-state index in [-0.39, 0.29) is 0 Å². The molecule has 1 saturated heterocycles. The smallest absolute Gasteiger partial charge is 0.0644 e. The highest BCUT2D eigenvalue weighted by Gasteiger charge is 2.64. The monoisotopic (exact) mass is 462 g/mol. The Bertz CT molecular complexity index is 637. The van der Waals surface area contributed by atoms with Crippen LogP contribution >= 0.6 is 23.5 Å². The fourth-order valence-corrected chi connectivity index (χ4v) is 14.2. The summed E-state index contributed by atoms with van der Waals surface area (Å²) in [4.78, 5) is 0. The molecule has 5 aliphatic rings. The summed E-state index contributed by atoms with van der Waals surface area (Å²) in [6.45, 7) is 13.0. The molecule has 0 N–H and O–H groups in total. The average molecular weight is 463 g/mol. The molecule has 5 rings (SSSR count). The Labute approximate surface area is 202 Å². The van der Waals surface area contributed by atoms with Crippen molar-refractivity contribution in [2.75, 3.05) is 11.5 Å². The van der Waals surface area contributed by atoms with E-state index in [2.05, 4.69) is 58.1 Å². The van der Waals surface area contributed by atoms with Crippen LogP contribution in [0.25, 0.3) is 0 Å². The maximum atomic E-state index is 2.79. The van der Waals surface area contributed by atoms with Crippen LogP contribution in [-0.2, 0) is 0 Å². The van der Waals surface area contributed by atoms with Gasteiger partial charge in [-0.3, -0.25) is 0 Å². The Morgan fingerprint density at radius 1 is 0.774 bits per heavy atom. The van der Waals surface area contributed by atoms with E-state index < -0.39 is 0 Å². The van der Waals surface area contributed by atoms with Gasteiger partial charge in [-0.2, -0.15) is 0 Å². The third-order valence-electron chi connectivity index (χ3n) is 11.6. The summed E-state index contributed by atoms with van der Waals surface area (Å²) < 4.78 is 0.613. The van der Waals surface area contributed by atoms with Crippen molar-refractivity contribution < 1.29 is 0 Å². The SMILES string of the molecule is CC(C)CCCC(C)C1CCC2C3CCC4C5(CCCC4(C)C3CCC12C)SCCS5. The molecule has 4 aliphatic carbocycles.